The normalized spacial score (nSPS) is 10.6. The number of nitrogens with one attached hydrogen (secondary N) is 1. The number of aryl methyl sites for hydroxylation is 2. The van der Waals surface area contributed by atoms with Crippen molar-refractivity contribution in [2.24, 2.45) is 0 Å². The van der Waals surface area contributed by atoms with Crippen LogP contribution in [0.2, 0.25) is 0 Å². The lowest BCUT2D eigenvalue weighted by molar-refractivity contribution is -0.116. The maximum absolute atomic E-state index is 12.1. The molecule has 2 N–H and O–H groups in total. The van der Waals surface area contributed by atoms with Gasteiger partial charge in [0, 0.05) is 17.9 Å². The number of thioether (sulfide) groups is 1. The molecule has 0 aliphatic carbocycles. The highest BCUT2D eigenvalue weighted by molar-refractivity contribution is 7.98. The van der Waals surface area contributed by atoms with Crippen molar-refractivity contribution >= 4 is 23.4 Å². The fraction of sp³-hybridized carbons (Fsp3) is 0.350. The molecule has 1 amide bonds. The minimum absolute atomic E-state index is 0.0836. The molecule has 2 aromatic carbocycles. The van der Waals surface area contributed by atoms with Crippen LogP contribution in [0.15, 0.2) is 42.5 Å². The predicted molar refractivity (Wildman–Crippen MR) is 102 cm³/mol. The Balaban J connectivity index is 1.67. The van der Waals surface area contributed by atoms with Crippen LogP contribution >= 0.6 is 11.8 Å². The fourth-order valence-electron chi connectivity index (χ4n) is 2.48. The van der Waals surface area contributed by atoms with Crippen LogP contribution in [0.1, 0.15) is 35.1 Å². The summed E-state index contributed by atoms with van der Waals surface area (Å²) < 4.78 is 0. The van der Waals surface area contributed by atoms with Crippen molar-refractivity contribution in [1.82, 2.24) is 0 Å². The molecule has 4 heteroatoms. The van der Waals surface area contributed by atoms with Gasteiger partial charge in [-0.25, -0.2) is 0 Å². The topological polar surface area (TPSA) is 49.3 Å². The zero-order chi connectivity index (χ0) is 17.4. The van der Waals surface area contributed by atoms with Crippen LogP contribution < -0.4 is 5.32 Å². The highest BCUT2D eigenvalue weighted by Gasteiger charge is 2.07. The molecule has 0 unspecified atom stereocenters. The van der Waals surface area contributed by atoms with E-state index in [1.165, 1.54) is 5.56 Å². The van der Waals surface area contributed by atoms with Crippen LogP contribution in [0.25, 0.3) is 0 Å². The second-order valence-corrected chi connectivity index (χ2v) is 7.05. The van der Waals surface area contributed by atoms with Gasteiger partial charge < -0.3 is 10.4 Å². The molecule has 2 rings (SSSR count). The van der Waals surface area contributed by atoms with Gasteiger partial charge in [-0.15, -0.1) is 0 Å². The molecule has 0 aromatic heterocycles. The molecular weight excluding hydrogens is 318 g/mol. The van der Waals surface area contributed by atoms with Crippen LogP contribution in [0, 0.1) is 13.8 Å². The SMILES string of the molecule is Cc1cccc(C)c1NC(=O)CCCSCc1ccc(CO)cc1. The van der Waals surface area contributed by atoms with Gasteiger partial charge in [0.1, 0.15) is 0 Å². The van der Waals surface area contributed by atoms with Gasteiger partial charge >= 0.3 is 0 Å². The number of aliphatic hydroxyl groups is 1. The summed E-state index contributed by atoms with van der Waals surface area (Å²) >= 11 is 1.83. The first-order chi connectivity index (χ1) is 11.6. The van der Waals surface area contributed by atoms with Crippen molar-refractivity contribution in [1.29, 1.82) is 0 Å². The molecule has 0 fully saturated rings. The maximum atomic E-state index is 12.1. The molecule has 0 bridgehead atoms. The number of rotatable bonds is 8. The molecule has 0 aliphatic rings. The van der Waals surface area contributed by atoms with E-state index in [4.69, 9.17) is 5.11 Å². The number of carbonyl (C=O) groups excluding carboxylic acids is 1. The van der Waals surface area contributed by atoms with Gasteiger partial charge in [-0.05, 0) is 48.3 Å². The second kappa shape index (κ2) is 9.50. The van der Waals surface area contributed by atoms with Crippen LogP contribution in [0.4, 0.5) is 5.69 Å². The lowest BCUT2D eigenvalue weighted by Crippen LogP contribution is -2.13. The van der Waals surface area contributed by atoms with Gasteiger partial charge in [-0.2, -0.15) is 11.8 Å². The summed E-state index contributed by atoms with van der Waals surface area (Å²) in [6.07, 6.45) is 1.42. The van der Waals surface area contributed by atoms with Crippen LogP contribution in [0.3, 0.4) is 0 Å². The van der Waals surface area contributed by atoms with Crippen LogP contribution in [-0.4, -0.2) is 16.8 Å². The first kappa shape index (κ1) is 18.6. The Morgan fingerprint density at radius 1 is 1.04 bits per heavy atom. The van der Waals surface area contributed by atoms with E-state index >= 15 is 0 Å². The first-order valence-electron chi connectivity index (χ1n) is 8.22. The van der Waals surface area contributed by atoms with Crippen LogP contribution in [0.5, 0.6) is 0 Å². The molecule has 0 spiro atoms. The summed E-state index contributed by atoms with van der Waals surface area (Å²) in [5, 5.41) is 12.1. The number of amides is 1. The van der Waals surface area contributed by atoms with E-state index in [0.717, 1.165) is 40.3 Å². The maximum Gasteiger partial charge on any atom is 0.224 e. The lowest BCUT2D eigenvalue weighted by Gasteiger charge is -2.11. The molecule has 0 saturated carbocycles. The number of carbonyl (C=O) groups is 1. The van der Waals surface area contributed by atoms with Crippen molar-refractivity contribution in [2.75, 3.05) is 11.1 Å². The zero-order valence-electron chi connectivity index (χ0n) is 14.3. The third kappa shape index (κ3) is 5.69. The zero-order valence-corrected chi connectivity index (χ0v) is 15.2. The summed E-state index contributed by atoms with van der Waals surface area (Å²) in [6.45, 7) is 4.12. The monoisotopic (exact) mass is 343 g/mol. The molecular formula is C20H25NO2S. The molecule has 0 heterocycles. The molecule has 3 nitrogen and oxygen atoms in total. The van der Waals surface area contributed by atoms with Crippen LogP contribution in [-0.2, 0) is 17.2 Å². The van der Waals surface area contributed by atoms with E-state index in [-0.39, 0.29) is 12.5 Å². The quantitative estimate of drug-likeness (QED) is 0.696. The molecule has 0 saturated heterocycles. The van der Waals surface area contributed by atoms with Gasteiger partial charge in [0.25, 0.3) is 0 Å². The summed E-state index contributed by atoms with van der Waals surface area (Å²) in [5.74, 6) is 1.98. The second-order valence-electron chi connectivity index (χ2n) is 5.95. The predicted octanol–water partition coefficient (Wildman–Crippen LogP) is 4.45. The largest absolute Gasteiger partial charge is 0.392 e. The third-order valence-electron chi connectivity index (χ3n) is 3.91. The number of hydrogen-bond acceptors (Lipinski definition) is 3. The van der Waals surface area contributed by atoms with E-state index < -0.39 is 0 Å². The minimum Gasteiger partial charge on any atom is -0.392 e. The van der Waals surface area contributed by atoms with Crippen molar-refractivity contribution in [2.45, 2.75) is 39.0 Å². The summed E-state index contributed by atoms with van der Waals surface area (Å²) in [6, 6.07) is 14.0. The average molecular weight is 343 g/mol. The minimum atomic E-state index is 0.0836. The summed E-state index contributed by atoms with van der Waals surface area (Å²) in [7, 11) is 0. The molecule has 0 radical (unpaired) electrons. The van der Waals surface area contributed by atoms with E-state index in [1.807, 2.05) is 68.1 Å². The molecule has 2 aromatic rings. The van der Waals surface area contributed by atoms with Crippen molar-refractivity contribution in [3.63, 3.8) is 0 Å². The van der Waals surface area contributed by atoms with Crippen molar-refractivity contribution < 1.29 is 9.90 Å². The number of benzene rings is 2. The molecule has 0 atom stereocenters. The Bertz CT molecular complexity index is 648. The highest BCUT2D eigenvalue weighted by atomic mass is 32.2. The Labute approximate surface area is 148 Å². The van der Waals surface area contributed by atoms with Crippen molar-refractivity contribution in [3.8, 4) is 0 Å². The Hall–Kier alpha value is -1.78. The first-order valence-corrected chi connectivity index (χ1v) is 9.38. The van der Waals surface area contributed by atoms with E-state index in [0.29, 0.717) is 6.42 Å². The standard InChI is InChI=1S/C20H25NO2S/c1-15-5-3-6-16(2)20(15)21-19(23)7-4-12-24-14-18-10-8-17(13-22)9-11-18/h3,5-6,8-11,22H,4,7,12-14H2,1-2H3,(H,21,23). The van der Waals surface area contributed by atoms with E-state index in [1.54, 1.807) is 0 Å². The summed E-state index contributed by atoms with van der Waals surface area (Å²) in [5.41, 5.74) is 5.33. The number of anilines is 1. The van der Waals surface area contributed by atoms with Gasteiger partial charge in [-0.1, -0.05) is 42.5 Å². The number of aliphatic hydroxyl groups excluding tert-OH is 1. The highest BCUT2D eigenvalue weighted by Crippen LogP contribution is 2.20. The smallest absolute Gasteiger partial charge is 0.224 e. The van der Waals surface area contributed by atoms with Gasteiger partial charge in [0.05, 0.1) is 6.61 Å². The fourth-order valence-corrected chi connectivity index (χ4v) is 3.40. The Morgan fingerprint density at radius 2 is 1.67 bits per heavy atom. The van der Waals surface area contributed by atoms with Gasteiger partial charge in [-0.3, -0.25) is 4.79 Å². The van der Waals surface area contributed by atoms with Crippen molar-refractivity contribution in [3.05, 3.63) is 64.7 Å². The van der Waals surface area contributed by atoms with Gasteiger partial charge in [0.15, 0.2) is 0 Å². The number of hydrogen-bond donors (Lipinski definition) is 2. The molecule has 0 aliphatic heterocycles. The molecule has 24 heavy (non-hydrogen) atoms. The Kier molecular flexibility index (Phi) is 7.35. The third-order valence-corrected chi connectivity index (χ3v) is 5.03. The van der Waals surface area contributed by atoms with E-state index in [9.17, 15) is 4.79 Å². The molecule has 128 valence electrons. The lowest BCUT2D eigenvalue weighted by atomic mass is 10.1. The van der Waals surface area contributed by atoms with Gasteiger partial charge in [0.2, 0.25) is 5.91 Å². The Morgan fingerprint density at radius 3 is 2.29 bits per heavy atom. The van der Waals surface area contributed by atoms with E-state index in [2.05, 4.69) is 5.32 Å². The number of para-hydroxylation sites is 1. The summed E-state index contributed by atoms with van der Waals surface area (Å²) in [4.78, 5) is 12.1. The average Bonchev–Trinajstić information content (AvgIpc) is 2.58.